The normalized spacial score (nSPS) is 12.7. The summed E-state index contributed by atoms with van der Waals surface area (Å²) in [5.74, 6) is 0.708. The standard InChI is InChI=1S/C57H40N2/c1-57(2)51-32-29-44(35-50(51)55-46-21-10-9-16-39(46)28-33-52(55)57)45-30-31-49(48-23-12-11-22-47(45)48)56-58-53(40-17-7-4-8-18-40)36-54(59-56)41-26-24-38(25-27-41)43-20-13-19-42(34-43)37-14-5-3-6-15-37/h3-36H,1-2H3. The molecular weight excluding hydrogens is 713 g/mol. The summed E-state index contributed by atoms with van der Waals surface area (Å²) in [6.07, 6.45) is 0. The highest BCUT2D eigenvalue weighted by atomic mass is 14.9. The average Bonchev–Trinajstić information content (AvgIpc) is 3.54. The van der Waals surface area contributed by atoms with Gasteiger partial charge in [-0.05, 0) is 101 Å². The topological polar surface area (TPSA) is 25.8 Å². The van der Waals surface area contributed by atoms with Gasteiger partial charge >= 0.3 is 0 Å². The molecule has 0 amide bonds. The smallest absolute Gasteiger partial charge is 0.161 e. The minimum atomic E-state index is -0.0776. The van der Waals surface area contributed by atoms with Crippen molar-refractivity contribution in [2.45, 2.75) is 19.3 Å². The molecule has 1 aliphatic carbocycles. The van der Waals surface area contributed by atoms with E-state index in [9.17, 15) is 0 Å². The molecule has 1 aliphatic rings. The summed E-state index contributed by atoms with van der Waals surface area (Å²) in [7, 11) is 0. The fourth-order valence-electron chi connectivity index (χ4n) is 9.25. The van der Waals surface area contributed by atoms with Crippen molar-refractivity contribution >= 4 is 21.5 Å². The molecule has 1 heterocycles. The Morgan fingerprint density at radius 3 is 1.54 bits per heavy atom. The van der Waals surface area contributed by atoms with Crippen molar-refractivity contribution < 1.29 is 0 Å². The van der Waals surface area contributed by atoms with Gasteiger partial charge in [-0.15, -0.1) is 0 Å². The molecule has 0 unspecified atom stereocenters. The summed E-state index contributed by atoms with van der Waals surface area (Å²) in [5.41, 5.74) is 17.4. The van der Waals surface area contributed by atoms with Crippen LogP contribution in [0.25, 0.3) is 100.0 Å². The molecule has 10 aromatic rings. The lowest BCUT2D eigenvalue weighted by Crippen LogP contribution is -2.14. The molecule has 59 heavy (non-hydrogen) atoms. The number of nitrogens with zero attached hydrogens (tertiary/aromatic N) is 2. The highest BCUT2D eigenvalue weighted by molar-refractivity contribution is 6.07. The van der Waals surface area contributed by atoms with Crippen LogP contribution in [0, 0.1) is 0 Å². The minimum absolute atomic E-state index is 0.0776. The van der Waals surface area contributed by atoms with Gasteiger partial charge < -0.3 is 0 Å². The second-order valence-corrected chi connectivity index (χ2v) is 16.2. The summed E-state index contributed by atoms with van der Waals surface area (Å²) in [4.78, 5) is 10.6. The molecule has 2 nitrogen and oxygen atoms in total. The predicted octanol–water partition coefficient (Wildman–Crippen LogP) is 15.1. The van der Waals surface area contributed by atoms with E-state index in [4.69, 9.17) is 9.97 Å². The van der Waals surface area contributed by atoms with Gasteiger partial charge in [0.2, 0.25) is 0 Å². The Morgan fingerprint density at radius 2 is 0.831 bits per heavy atom. The third kappa shape index (κ3) is 5.96. The molecule has 9 aromatic carbocycles. The largest absolute Gasteiger partial charge is 0.228 e. The zero-order valence-corrected chi connectivity index (χ0v) is 33.0. The number of benzene rings is 9. The SMILES string of the molecule is CC1(C)c2ccc(-c3ccc(-c4nc(-c5ccccc5)cc(-c5ccc(-c6cccc(-c7ccccc7)c6)cc5)n4)c4ccccc34)cc2-c2c1ccc1ccccc21. The molecule has 0 fully saturated rings. The van der Waals surface area contributed by atoms with Crippen LogP contribution in [0.2, 0.25) is 0 Å². The van der Waals surface area contributed by atoms with E-state index < -0.39 is 0 Å². The second-order valence-electron chi connectivity index (χ2n) is 16.2. The molecule has 0 saturated heterocycles. The van der Waals surface area contributed by atoms with Crippen LogP contribution in [0.3, 0.4) is 0 Å². The lowest BCUT2D eigenvalue weighted by atomic mass is 9.81. The molecule has 0 aliphatic heterocycles. The number of hydrogen-bond acceptors (Lipinski definition) is 2. The van der Waals surface area contributed by atoms with Crippen LogP contribution in [-0.4, -0.2) is 9.97 Å². The van der Waals surface area contributed by atoms with Crippen LogP contribution in [0.15, 0.2) is 206 Å². The van der Waals surface area contributed by atoms with E-state index in [0.717, 1.165) is 39.0 Å². The van der Waals surface area contributed by atoms with Gasteiger partial charge in [0.15, 0.2) is 5.82 Å². The van der Waals surface area contributed by atoms with Gasteiger partial charge in [0.1, 0.15) is 0 Å². The van der Waals surface area contributed by atoms with Crippen molar-refractivity contribution in [1.29, 1.82) is 0 Å². The monoisotopic (exact) mass is 752 g/mol. The number of aromatic nitrogens is 2. The van der Waals surface area contributed by atoms with Crippen LogP contribution in [-0.2, 0) is 5.41 Å². The zero-order chi connectivity index (χ0) is 39.5. The summed E-state index contributed by atoms with van der Waals surface area (Å²) >= 11 is 0. The molecule has 11 rings (SSSR count). The van der Waals surface area contributed by atoms with E-state index in [1.165, 1.54) is 66.2 Å². The van der Waals surface area contributed by atoms with E-state index >= 15 is 0 Å². The quantitative estimate of drug-likeness (QED) is 0.169. The summed E-state index contributed by atoms with van der Waals surface area (Å²) in [6.45, 7) is 4.71. The summed E-state index contributed by atoms with van der Waals surface area (Å²) in [5, 5.41) is 4.89. The molecule has 0 bridgehead atoms. The van der Waals surface area contributed by atoms with Crippen molar-refractivity contribution in [3.05, 3.63) is 217 Å². The first-order valence-corrected chi connectivity index (χ1v) is 20.4. The number of hydrogen-bond donors (Lipinski definition) is 0. The molecule has 1 aromatic heterocycles. The van der Waals surface area contributed by atoms with Crippen LogP contribution in [0.1, 0.15) is 25.0 Å². The Morgan fingerprint density at radius 1 is 0.322 bits per heavy atom. The highest BCUT2D eigenvalue weighted by Gasteiger charge is 2.36. The molecule has 2 heteroatoms. The fourth-order valence-corrected chi connectivity index (χ4v) is 9.25. The predicted molar refractivity (Wildman–Crippen MR) is 247 cm³/mol. The molecule has 278 valence electrons. The molecule has 0 N–H and O–H groups in total. The molecule has 0 radical (unpaired) electrons. The van der Waals surface area contributed by atoms with Crippen LogP contribution >= 0.6 is 0 Å². The maximum atomic E-state index is 5.31. The maximum Gasteiger partial charge on any atom is 0.161 e. The van der Waals surface area contributed by atoms with Gasteiger partial charge in [-0.1, -0.05) is 196 Å². The summed E-state index contributed by atoms with van der Waals surface area (Å²) in [6, 6.07) is 74.3. The minimum Gasteiger partial charge on any atom is -0.228 e. The molecular formula is C57H40N2. The van der Waals surface area contributed by atoms with Crippen molar-refractivity contribution in [2.24, 2.45) is 0 Å². The van der Waals surface area contributed by atoms with E-state index in [-0.39, 0.29) is 5.41 Å². The first-order valence-electron chi connectivity index (χ1n) is 20.4. The van der Waals surface area contributed by atoms with Crippen LogP contribution < -0.4 is 0 Å². The lowest BCUT2D eigenvalue weighted by molar-refractivity contribution is 0.661. The zero-order valence-electron chi connectivity index (χ0n) is 33.0. The Bertz CT molecular complexity index is 3220. The van der Waals surface area contributed by atoms with Gasteiger partial charge in [-0.2, -0.15) is 0 Å². The first-order chi connectivity index (χ1) is 29.0. The van der Waals surface area contributed by atoms with Crippen molar-refractivity contribution in [1.82, 2.24) is 9.97 Å². The van der Waals surface area contributed by atoms with E-state index in [1.54, 1.807) is 0 Å². The van der Waals surface area contributed by atoms with Gasteiger partial charge in [-0.3, -0.25) is 0 Å². The van der Waals surface area contributed by atoms with Crippen molar-refractivity contribution in [3.63, 3.8) is 0 Å². The van der Waals surface area contributed by atoms with Crippen molar-refractivity contribution in [3.8, 4) is 78.4 Å². The Labute approximate surface area is 345 Å². The highest BCUT2D eigenvalue weighted by Crippen LogP contribution is 2.52. The average molecular weight is 753 g/mol. The van der Waals surface area contributed by atoms with Gasteiger partial charge in [0.25, 0.3) is 0 Å². The molecule has 0 saturated carbocycles. The summed E-state index contributed by atoms with van der Waals surface area (Å²) < 4.78 is 0. The van der Waals surface area contributed by atoms with Gasteiger partial charge in [0, 0.05) is 22.1 Å². The number of rotatable bonds is 6. The number of fused-ring (bicyclic) bond motifs is 6. The van der Waals surface area contributed by atoms with E-state index in [0.29, 0.717) is 5.82 Å². The second kappa shape index (κ2) is 13.9. The van der Waals surface area contributed by atoms with Crippen LogP contribution in [0.5, 0.6) is 0 Å². The van der Waals surface area contributed by atoms with E-state index in [1.807, 2.05) is 6.07 Å². The fraction of sp³-hybridized carbons (Fsp3) is 0.0526. The third-order valence-electron chi connectivity index (χ3n) is 12.3. The Balaban J connectivity index is 1.02. The van der Waals surface area contributed by atoms with Gasteiger partial charge in [-0.25, -0.2) is 9.97 Å². The Hall–Kier alpha value is -7.42. The third-order valence-corrected chi connectivity index (χ3v) is 12.3. The Kier molecular flexibility index (Phi) is 8.20. The maximum absolute atomic E-state index is 5.31. The van der Waals surface area contributed by atoms with Gasteiger partial charge in [0.05, 0.1) is 11.4 Å². The molecule has 0 atom stereocenters. The lowest BCUT2D eigenvalue weighted by Gasteiger charge is -2.21. The first kappa shape index (κ1) is 34.8. The van der Waals surface area contributed by atoms with Crippen molar-refractivity contribution in [2.75, 3.05) is 0 Å². The molecule has 0 spiro atoms. The van der Waals surface area contributed by atoms with E-state index in [2.05, 4.69) is 214 Å². The van der Waals surface area contributed by atoms with Crippen LogP contribution in [0.4, 0.5) is 0 Å².